The molecule has 35 heteroatoms. The van der Waals surface area contributed by atoms with Gasteiger partial charge in [-0.2, -0.15) is 0 Å². The number of aliphatic carboxylic acids is 2. The molecule has 0 saturated heterocycles. The Hall–Kier alpha value is -7.21. The molecule has 0 spiro atoms. The maximum absolute atomic E-state index is 13.7. The molecule has 2 aliphatic rings. The van der Waals surface area contributed by atoms with Crippen LogP contribution in [0.1, 0.15) is 13.8 Å². The van der Waals surface area contributed by atoms with Crippen molar-refractivity contribution in [3.8, 4) is 12.3 Å². The van der Waals surface area contributed by atoms with Crippen molar-refractivity contribution in [2.45, 2.75) is 74.6 Å². The molecule has 84 heavy (non-hydrogen) atoms. The predicted molar refractivity (Wildman–Crippen MR) is 291 cm³/mol. The number of nitrogens with two attached hydrogens (primary N) is 4. The molecule has 18 N–H and O–H groups in total. The fourth-order valence-electron chi connectivity index (χ4n) is 7.81. The summed E-state index contributed by atoms with van der Waals surface area (Å²) in [5, 5.41) is 70.6. The number of rotatable bonds is 43. The van der Waals surface area contributed by atoms with Crippen LogP contribution in [-0.4, -0.2) is 300 Å². The van der Waals surface area contributed by atoms with Crippen molar-refractivity contribution < 1.29 is 112 Å². The molecule has 0 bridgehead atoms. The normalized spacial score (nSPS) is 19.6. The number of aliphatic imine (C=N–C) groups is 2. The summed E-state index contributed by atoms with van der Waals surface area (Å²) in [5.41, 5.74) is 22.2. The molecule has 35 nitrogen and oxygen atoms in total. The average molecular weight is 1210 g/mol. The van der Waals surface area contributed by atoms with E-state index in [1.807, 2.05) is 0 Å². The summed E-state index contributed by atoms with van der Waals surface area (Å²) in [4.78, 5) is 98.4. The minimum absolute atomic E-state index is 0.0283. The summed E-state index contributed by atoms with van der Waals surface area (Å²) in [5.74, 6) is -5.70. The average Bonchev–Trinajstić information content (AvgIpc) is 3.63. The number of hydrogen-bond donors (Lipinski definition) is 14. The van der Waals surface area contributed by atoms with E-state index in [9.17, 15) is 64.2 Å². The predicted octanol–water partition coefficient (Wildman–Crippen LogP) is -8.19. The van der Waals surface area contributed by atoms with E-state index in [0.717, 1.165) is 26.0 Å². The van der Waals surface area contributed by atoms with E-state index in [4.69, 9.17) is 76.7 Å². The van der Waals surface area contributed by atoms with Gasteiger partial charge in [-0.3, -0.25) is 19.2 Å². The Balaban J connectivity index is 2.02. The molecule has 0 radical (unpaired) electrons. The largest absolute Gasteiger partial charge is 0.478 e. The zero-order valence-electron chi connectivity index (χ0n) is 47.1. The summed E-state index contributed by atoms with van der Waals surface area (Å²) in [6.45, 7) is 1.06. The zero-order chi connectivity index (χ0) is 62.6. The van der Waals surface area contributed by atoms with Gasteiger partial charge in [-0.15, -0.1) is 6.42 Å². The first-order valence-corrected chi connectivity index (χ1v) is 26.2. The fourth-order valence-corrected chi connectivity index (χ4v) is 7.81. The van der Waals surface area contributed by atoms with Crippen LogP contribution in [0.3, 0.4) is 0 Å². The van der Waals surface area contributed by atoms with Crippen LogP contribution in [0.5, 0.6) is 0 Å². The molecule has 0 aliphatic carbocycles. The molecule has 2 heterocycles. The van der Waals surface area contributed by atoms with Gasteiger partial charge in [0.05, 0.1) is 110 Å². The van der Waals surface area contributed by atoms with E-state index < -0.39 is 152 Å². The number of nitrogens with zero attached hydrogens (tertiary/aromatic N) is 4. The topological polar surface area (TPSA) is 517 Å². The molecule has 0 saturated carbocycles. The number of urea groups is 1. The van der Waals surface area contributed by atoms with Crippen molar-refractivity contribution in [3.05, 3.63) is 23.7 Å². The van der Waals surface area contributed by atoms with Gasteiger partial charge in [-0.05, 0) is 12.2 Å². The van der Waals surface area contributed by atoms with E-state index in [1.54, 1.807) is 7.05 Å². The number of nitrogens with one attached hydrogen (secondary N) is 4. The Bertz CT molecular complexity index is 2110. The summed E-state index contributed by atoms with van der Waals surface area (Å²) < 4.78 is 55.5. The smallest absolute Gasteiger partial charge is 0.370 e. The first-order valence-electron chi connectivity index (χ1n) is 26.2. The Kier molecular flexibility index (Phi) is 35.5. The Morgan fingerprint density at radius 3 is 1.35 bits per heavy atom. The van der Waals surface area contributed by atoms with Crippen LogP contribution < -0.4 is 44.2 Å². The third kappa shape index (κ3) is 28.4. The van der Waals surface area contributed by atoms with Gasteiger partial charge in [-0.25, -0.2) is 24.4 Å². The number of aliphatic hydroxyl groups is 4. The first kappa shape index (κ1) is 72.9. The molecule has 0 unspecified atom stereocenters. The van der Waals surface area contributed by atoms with Gasteiger partial charge >= 0.3 is 18.0 Å². The van der Waals surface area contributed by atoms with Gasteiger partial charge in [0.15, 0.2) is 24.1 Å². The summed E-state index contributed by atoms with van der Waals surface area (Å²) in [6, 6.07) is -5.35. The van der Waals surface area contributed by atoms with Crippen LogP contribution in [0.4, 0.5) is 4.79 Å². The van der Waals surface area contributed by atoms with E-state index in [0.29, 0.717) is 26.4 Å². The number of likely N-dealkylation sites (N-methyl/N-ethyl adjacent to an activating group) is 1. The van der Waals surface area contributed by atoms with Gasteiger partial charge in [0.1, 0.15) is 44.2 Å². The highest BCUT2D eigenvalue weighted by atomic mass is 16.6. The SMILES string of the molecule is C#CCOCCOCCOCCOCCN(C)C(=O)N(CCOCCNC(=O)CO[C@@H]([C@@H]1OC(C(=O)O)=C[C@H](N=C(N)N)[C@H]1NC(C)=O)[C@H](O)CO)CCOCCNC(=O)CO[C@@H]([C@@H]1OC(C(=O)O)=C[C@H](N=C(N)N)[C@H]1NC(C)=O)[C@H](O)CO. The van der Waals surface area contributed by atoms with Crippen molar-refractivity contribution in [1.82, 2.24) is 31.1 Å². The van der Waals surface area contributed by atoms with Crippen molar-refractivity contribution in [3.63, 3.8) is 0 Å². The van der Waals surface area contributed by atoms with Crippen molar-refractivity contribution in [2.75, 3.05) is 145 Å². The second-order valence-corrected chi connectivity index (χ2v) is 18.1. The van der Waals surface area contributed by atoms with Gasteiger partial charge < -0.3 is 132 Å². The molecular formula is C49H82N12O23. The second kappa shape index (κ2) is 40.9. The Labute approximate surface area is 484 Å². The fraction of sp³-hybridized carbons (Fsp3) is 0.694. The van der Waals surface area contributed by atoms with E-state index in [2.05, 4.69) is 37.2 Å². The number of guanidine groups is 2. The zero-order valence-corrected chi connectivity index (χ0v) is 47.1. The number of carbonyl (C=O) groups is 7. The number of aliphatic hydroxyl groups excluding tert-OH is 4. The molecular weight excluding hydrogens is 1120 g/mol. The Morgan fingerprint density at radius 2 is 0.988 bits per heavy atom. The van der Waals surface area contributed by atoms with Gasteiger partial charge in [-0.1, -0.05) is 5.92 Å². The van der Waals surface area contributed by atoms with Gasteiger partial charge in [0.2, 0.25) is 35.1 Å². The van der Waals surface area contributed by atoms with Crippen LogP contribution in [0.2, 0.25) is 0 Å². The number of carboxylic acids is 2. The van der Waals surface area contributed by atoms with Crippen molar-refractivity contribution in [1.29, 1.82) is 0 Å². The highest BCUT2D eigenvalue weighted by Gasteiger charge is 2.47. The van der Waals surface area contributed by atoms with Gasteiger partial charge in [0, 0.05) is 53.6 Å². The minimum atomic E-state index is -1.76. The standard InChI is InChI=1S/C49H82N12O23/c1-5-11-75-17-19-79-21-22-80-20-18-78-14-8-60(4)49(74)61(9-15-76-12-6-54-37(68)27-81-41(33(66)25-62)43-39(56-29(2)64)31(58-47(50)51)23-35(83-43)45(70)71)10-16-77-13-7-55-38(69)28-82-42(34(67)26-63)44-40(57-30(3)65)32(59-48(52)53)24-36(84-44)46(72)73/h1,23-24,31-34,39-44,62-63,66-67H,6-22,25-28H2,2-4H3,(H,54,68)(H,55,69)(H,56,64)(H,57,65)(H,70,71)(H,72,73)(H4,50,51,58)(H4,52,53,59)/t31-,32-,33+,34+,39+,40+,41+,42+,43+,44+/m0/s1. The Morgan fingerprint density at radius 1 is 0.619 bits per heavy atom. The number of hydrogen-bond acceptors (Lipinski definition) is 23. The van der Waals surface area contributed by atoms with E-state index in [-0.39, 0.29) is 85.6 Å². The quantitative estimate of drug-likeness (QED) is 0.0117. The lowest BCUT2D eigenvalue weighted by atomic mass is 9.92. The number of terminal acetylenes is 1. The third-order valence-corrected chi connectivity index (χ3v) is 11.6. The third-order valence-electron chi connectivity index (χ3n) is 11.6. The van der Waals surface area contributed by atoms with Crippen LogP contribution in [0.25, 0.3) is 0 Å². The monoisotopic (exact) mass is 1210 g/mol. The van der Waals surface area contributed by atoms with Gasteiger partial charge in [0.25, 0.3) is 0 Å². The lowest BCUT2D eigenvalue weighted by Crippen LogP contribution is -2.60. The van der Waals surface area contributed by atoms with Crippen LogP contribution in [-0.2, 0) is 76.1 Å². The number of amides is 6. The number of carboxylic acid groups (broad SMARTS) is 2. The summed E-state index contributed by atoms with van der Waals surface area (Å²) in [6.07, 6.45) is -2.62. The molecule has 2 aliphatic heterocycles. The lowest BCUT2D eigenvalue weighted by molar-refractivity contribution is -0.158. The molecule has 0 aromatic carbocycles. The van der Waals surface area contributed by atoms with Crippen LogP contribution in [0, 0.1) is 12.3 Å². The number of ether oxygens (including phenoxy) is 10. The number of carbonyl (C=O) groups excluding carboxylic acids is 5. The maximum atomic E-state index is 13.7. The molecule has 6 amide bonds. The molecule has 0 aromatic rings. The van der Waals surface area contributed by atoms with E-state index in [1.165, 1.54) is 9.80 Å². The molecule has 2 rings (SSSR count). The lowest BCUT2D eigenvalue weighted by Gasteiger charge is -2.40. The summed E-state index contributed by atoms with van der Waals surface area (Å²) >= 11 is 0. The van der Waals surface area contributed by atoms with E-state index >= 15 is 0 Å². The van der Waals surface area contributed by atoms with Crippen LogP contribution in [0.15, 0.2) is 33.7 Å². The summed E-state index contributed by atoms with van der Waals surface area (Å²) in [7, 11) is 1.56. The van der Waals surface area contributed by atoms with Crippen LogP contribution >= 0.6 is 0 Å². The minimum Gasteiger partial charge on any atom is -0.478 e. The highest BCUT2D eigenvalue weighted by molar-refractivity contribution is 5.86. The first-order chi connectivity index (χ1) is 40.0. The second-order valence-electron chi connectivity index (χ2n) is 18.1. The maximum Gasteiger partial charge on any atom is 0.370 e. The van der Waals surface area contributed by atoms with Crippen molar-refractivity contribution >= 4 is 53.5 Å². The molecule has 0 aromatic heterocycles. The molecule has 0 fully saturated rings. The van der Waals surface area contributed by atoms with Crippen molar-refractivity contribution in [2.24, 2.45) is 32.9 Å². The molecule has 10 atom stereocenters. The highest BCUT2D eigenvalue weighted by Crippen LogP contribution is 2.28. The molecule has 476 valence electrons.